The third-order valence-electron chi connectivity index (χ3n) is 3.57. The molecule has 0 unspecified atom stereocenters. The van der Waals surface area contributed by atoms with Crippen molar-refractivity contribution in [1.82, 2.24) is 4.57 Å². The Kier molecular flexibility index (Phi) is 3.81. The van der Waals surface area contributed by atoms with E-state index in [9.17, 15) is 9.90 Å². The second-order valence-corrected chi connectivity index (χ2v) is 5.75. The molecule has 0 saturated heterocycles. The molecular formula is C16H12Cl2N2O2. The van der Waals surface area contributed by atoms with Gasteiger partial charge in [-0.3, -0.25) is 0 Å². The highest BCUT2D eigenvalue weighted by molar-refractivity contribution is 6.42. The van der Waals surface area contributed by atoms with Gasteiger partial charge in [-0.05, 0) is 12.1 Å². The summed E-state index contributed by atoms with van der Waals surface area (Å²) in [5, 5.41) is 11.9. The number of carboxylic acid groups (broad SMARTS) is 1. The van der Waals surface area contributed by atoms with E-state index in [2.05, 4.69) is 0 Å². The molecular weight excluding hydrogens is 323 g/mol. The van der Waals surface area contributed by atoms with Crippen LogP contribution in [-0.2, 0) is 11.3 Å². The lowest BCUT2D eigenvalue weighted by molar-refractivity contribution is -0.672. The number of hydrogen-bond donors (Lipinski definition) is 0. The van der Waals surface area contributed by atoms with E-state index >= 15 is 0 Å². The highest BCUT2D eigenvalue weighted by atomic mass is 35.5. The van der Waals surface area contributed by atoms with Crippen LogP contribution in [0.2, 0.25) is 10.0 Å². The zero-order valence-electron chi connectivity index (χ0n) is 11.7. The second-order valence-electron chi connectivity index (χ2n) is 4.93. The van der Waals surface area contributed by atoms with Crippen LogP contribution in [0.4, 0.5) is 0 Å². The molecule has 0 amide bonds. The van der Waals surface area contributed by atoms with Crippen LogP contribution in [-0.4, -0.2) is 10.5 Å². The molecule has 1 aromatic heterocycles. The third-order valence-corrected chi connectivity index (χ3v) is 4.29. The van der Waals surface area contributed by atoms with E-state index in [0.29, 0.717) is 15.6 Å². The van der Waals surface area contributed by atoms with Crippen LogP contribution in [0.3, 0.4) is 0 Å². The van der Waals surface area contributed by atoms with Crippen LogP contribution in [0.1, 0.15) is 5.82 Å². The minimum Gasteiger partial charge on any atom is -0.546 e. The van der Waals surface area contributed by atoms with Crippen LogP contribution in [0.25, 0.3) is 16.7 Å². The van der Waals surface area contributed by atoms with Gasteiger partial charge in [0.2, 0.25) is 0 Å². The van der Waals surface area contributed by atoms with E-state index in [1.54, 1.807) is 16.7 Å². The number of rotatable bonds is 3. The summed E-state index contributed by atoms with van der Waals surface area (Å²) in [5.74, 6) is -0.407. The SMILES string of the molecule is Cc1n(-c2ccccc2)c2cc(Cl)c(Cl)cc2[n+]1CC(=O)[O-]. The van der Waals surface area contributed by atoms with Crippen molar-refractivity contribution in [2.45, 2.75) is 13.5 Å². The Labute approximate surface area is 137 Å². The molecule has 3 aromatic rings. The van der Waals surface area contributed by atoms with Gasteiger partial charge in [-0.2, -0.15) is 4.57 Å². The number of para-hydroxylation sites is 1. The molecule has 3 rings (SSSR count). The zero-order valence-corrected chi connectivity index (χ0v) is 13.2. The number of benzene rings is 2. The first-order valence-corrected chi connectivity index (χ1v) is 7.40. The highest BCUT2D eigenvalue weighted by Crippen LogP contribution is 2.29. The van der Waals surface area contributed by atoms with Gasteiger partial charge < -0.3 is 9.90 Å². The van der Waals surface area contributed by atoms with E-state index < -0.39 is 5.97 Å². The van der Waals surface area contributed by atoms with Crippen molar-refractivity contribution < 1.29 is 14.5 Å². The average Bonchev–Trinajstić information content (AvgIpc) is 2.73. The van der Waals surface area contributed by atoms with Crippen LogP contribution < -0.4 is 9.67 Å². The number of carbonyl (C=O) groups is 1. The molecule has 112 valence electrons. The number of imidazole rings is 1. The summed E-state index contributed by atoms with van der Waals surface area (Å²) in [6.07, 6.45) is 0. The monoisotopic (exact) mass is 334 g/mol. The molecule has 0 radical (unpaired) electrons. The van der Waals surface area contributed by atoms with Crippen LogP contribution >= 0.6 is 23.2 Å². The standard InChI is InChI=1S/C16H12Cl2N2O2/c1-10-19(9-16(21)22)14-7-12(17)13(18)8-15(14)20(10)11-5-3-2-4-6-11/h2-8H,9H2,1H3. The van der Waals surface area contributed by atoms with E-state index in [4.69, 9.17) is 23.2 Å². The lowest BCUT2D eigenvalue weighted by Crippen LogP contribution is -2.45. The number of halogens is 2. The number of nitrogens with zero attached hydrogens (tertiary/aromatic N) is 2. The van der Waals surface area contributed by atoms with E-state index in [1.807, 2.05) is 41.8 Å². The first-order valence-electron chi connectivity index (χ1n) is 6.64. The van der Waals surface area contributed by atoms with Crippen LogP contribution in [0, 0.1) is 6.92 Å². The summed E-state index contributed by atoms with van der Waals surface area (Å²) >= 11 is 12.2. The topological polar surface area (TPSA) is 48.9 Å². The molecule has 1 heterocycles. The summed E-state index contributed by atoms with van der Waals surface area (Å²) < 4.78 is 3.60. The van der Waals surface area contributed by atoms with Gasteiger partial charge >= 0.3 is 0 Å². The van der Waals surface area contributed by atoms with Gasteiger partial charge in [-0.1, -0.05) is 41.4 Å². The molecule has 0 fully saturated rings. The molecule has 0 spiro atoms. The van der Waals surface area contributed by atoms with Gasteiger partial charge in [-0.15, -0.1) is 0 Å². The van der Waals surface area contributed by atoms with Crippen LogP contribution in [0.5, 0.6) is 0 Å². The minimum atomic E-state index is -1.16. The van der Waals surface area contributed by atoms with E-state index in [1.165, 1.54) is 0 Å². The van der Waals surface area contributed by atoms with Gasteiger partial charge in [0.05, 0.1) is 16.0 Å². The Balaban J connectivity index is 2.39. The Bertz CT molecular complexity index is 873. The molecule has 0 saturated carbocycles. The first-order chi connectivity index (χ1) is 10.5. The number of fused-ring (bicyclic) bond motifs is 1. The molecule has 4 nitrogen and oxygen atoms in total. The van der Waals surface area contributed by atoms with Gasteiger partial charge in [0.1, 0.15) is 12.2 Å². The minimum absolute atomic E-state index is 0.250. The van der Waals surface area contributed by atoms with Crippen molar-refractivity contribution in [2.75, 3.05) is 0 Å². The fourth-order valence-corrected chi connectivity index (χ4v) is 2.94. The van der Waals surface area contributed by atoms with Gasteiger partial charge in [0.25, 0.3) is 5.82 Å². The maximum atomic E-state index is 11.1. The maximum absolute atomic E-state index is 11.1. The van der Waals surface area contributed by atoms with Crippen LogP contribution in [0.15, 0.2) is 42.5 Å². The Morgan fingerprint density at radius 3 is 2.45 bits per heavy atom. The fraction of sp³-hybridized carbons (Fsp3) is 0.125. The largest absolute Gasteiger partial charge is 0.546 e. The third kappa shape index (κ3) is 2.45. The summed E-state index contributed by atoms with van der Waals surface area (Å²) in [6, 6.07) is 13.1. The Morgan fingerprint density at radius 2 is 1.82 bits per heavy atom. The Hall–Kier alpha value is -2.04. The predicted molar refractivity (Wildman–Crippen MR) is 83.2 cm³/mol. The fourth-order valence-electron chi connectivity index (χ4n) is 2.62. The normalized spacial score (nSPS) is 11.0. The number of aliphatic carboxylic acids is 1. The molecule has 6 heteroatoms. The van der Waals surface area contributed by atoms with E-state index in [-0.39, 0.29) is 6.54 Å². The predicted octanol–water partition coefficient (Wildman–Crippen LogP) is 2.28. The summed E-state index contributed by atoms with van der Waals surface area (Å²) in [5.41, 5.74) is 2.40. The molecule has 0 N–H and O–H groups in total. The maximum Gasteiger partial charge on any atom is 0.259 e. The highest BCUT2D eigenvalue weighted by Gasteiger charge is 2.24. The second kappa shape index (κ2) is 5.63. The smallest absolute Gasteiger partial charge is 0.259 e. The van der Waals surface area contributed by atoms with Gasteiger partial charge in [0, 0.05) is 19.1 Å². The number of carboxylic acids is 1. The summed E-state index contributed by atoms with van der Waals surface area (Å²) in [7, 11) is 0. The van der Waals surface area contributed by atoms with Crippen molar-refractivity contribution in [2.24, 2.45) is 0 Å². The summed E-state index contributed by atoms with van der Waals surface area (Å²) in [4.78, 5) is 11.1. The number of hydrogen-bond acceptors (Lipinski definition) is 2. The first kappa shape index (κ1) is 14.9. The van der Waals surface area contributed by atoms with Crippen molar-refractivity contribution in [3.8, 4) is 5.69 Å². The van der Waals surface area contributed by atoms with Gasteiger partial charge in [0.15, 0.2) is 11.0 Å². The number of carbonyl (C=O) groups excluding carboxylic acids is 1. The lowest BCUT2D eigenvalue weighted by atomic mass is 10.2. The van der Waals surface area contributed by atoms with E-state index in [0.717, 1.165) is 17.0 Å². The van der Waals surface area contributed by atoms with Crippen molar-refractivity contribution in [1.29, 1.82) is 0 Å². The average molecular weight is 335 g/mol. The lowest BCUT2D eigenvalue weighted by Gasteiger charge is -2.02. The molecule has 0 bridgehead atoms. The molecule has 0 aliphatic heterocycles. The zero-order chi connectivity index (χ0) is 15.9. The molecule has 0 aliphatic carbocycles. The molecule has 2 aromatic carbocycles. The molecule has 22 heavy (non-hydrogen) atoms. The van der Waals surface area contributed by atoms with Gasteiger partial charge in [-0.25, -0.2) is 4.57 Å². The quantitative estimate of drug-likeness (QED) is 0.690. The van der Waals surface area contributed by atoms with Crippen molar-refractivity contribution >= 4 is 40.2 Å². The van der Waals surface area contributed by atoms with Crippen molar-refractivity contribution in [3.05, 3.63) is 58.3 Å². The summed E-state index contributed by atoms with van der Waals surface area (Å²) in [6.45, 7) is 1.60. The molecule has 0 atom stereocenters. The molecule has 0 aliphatic rings. The number of aromatic nitrogens is 2. The Morgan fingerprint density at radius 1 is 1.18 bits per heavy atom. The van der Waals surface area contributed by atoms with Crippen molar-refractivity contribution in [3.63, 3.8) is 0 Å².